The second-order valence-corrected chi connectivity index (χ2v) is 6.03. The largest absolute Gasteiger partial charge is 0.481 e. The topological polar surface area (TPSA) is 72.9 Å². The molecule has 6 nitrogen and oxygen atoms in total. The Morgan fingerprint density at radius 1 is 1.33 bits per heavy atom. The molecule has 124 valence electrons. The lowest BCUT2D eigenvalue weighted by Gasteiger charge is -2.02. The number of hydrogen-bond acceptors (Lipinski definition) is 3. The summed E-state index contributed by atoms with van der Waals surface area (Å²) in [6.07, 6.45) is 3.69. The quantitative estimate of drug-likeness (QED) is 0.772. The van der Waals surface area contributed by atoms with Crippen LogP contribution < -0.4 is 0 Å². The van der Waals surface area contributed by atoms with Gasteiger partial charge in [-0.3, -0.25) is 14.2 Å². The first-order valence-corrected chi connectivity index (χ1v) is 7.83. The molecule has 0 radical (unpaired) electrons. The van der Waals surface area contributed by atoms with Gasteiger partial charge < -0.3 is 5.11 Å². The van der Waals surface area contributed by atoms with E-state index < -0.39 is 5.97 Å². The first-order valence-electron chi connectivity index (χ1n) is 7.45. The van der Waals surface area contributed by atoms with E-state index >= 15 is 0 Å². The Kier molecular flexibility index (Phi) is 4.40. The Bertz CT molecular complexity index is 898. The fourth-order valence-corrected chi connectivity index (χ4v) is 2.88. The SMILES string of the molecule is Cc1nn(C)c(Cl)c1Cn1cc(-c2cccc(CC(=O)O)c2)cn1. The highest BCUT2D eigenvalue weighted by Gasteiger charge is 2.13. The summed E-state index contributed by atoms with van der Waals surface area (Å²) in [5.41, 5.74) is 4.45. The van der Waals surface area contributed by atoms with E-state index in [9.17, 15) is 4.79 Å². The van der Waals surface area contributed by atoms with Crippen LogP contribution in [0.2, 0.25) is 5.15 Å². The van der Waals surface area contributed by atoms with Crippen LogP contribution in [0.3, 0.4) is 0 Å². The van der Waals surface area contributed by atoms with Crippen molar-refractivity contribution in [2.24, 2.45) is 7.05 Å². The zero-order chi connectivity index (χ0) is 17.3. The Morgan fingerprint density at radius 2 is 2.12 bits per heavy atom. The highest BCUT2D eigenvalue weighted by Crippen LogP contribution is 2.23. The number of nitrogens with zero attached hydrogens (tertiary/aromatic N) is 4. The third kappa shape index (κ3) is 3.33. The molecule has 3 rings (SSSR count). The molecule has 0 unspecified atom stereocenters. The summed E-state index contributed by atoms with van der Waals surface area (Å²) in [4.78, 5) is 10.9. The van der Waals surface area contributed by atoms with Crippen LogP contribution in [0.1, 0.15) is 16.8 Å². The molecule has 1 N–H and O–H groups in total. The van der Waals surface area contributed by atoms with E-state index in [4.69, 9.17) is 16.7 Å². The highest BCUT2D eigenvalue weighted by atomic mass is 35.5. The molecule has 0 amide bonds. The van der Waals surface area contributed by atoms with Gasteiger partial charge in [0, 0.05) is 24.4 Å². The molecule has 3 aromatic rings. The first kappa shape index (κ1) is 16.3. The van der Waals surface area contributed by atoms with Gasteiger partial charge >= 0.3 is 5.97 Å². The van der Waals surface area contributed by atoms with Crippen LogP contribution >= 0.6 is 11.6 Å². The van der Waals surface area contributed by atoms with Crippen molar-refractivity contribution in [3.05, 3.63) is 58.6 Å². The maximum atomic E-state index is 10.9. The zero-order valence-electron chi connectivity index (χ0n) is 13.4. The van der Waals surface area contributed by atoms with E-state index in [0.717, 1.165) is 27.9 Å². The minimum absolute atomic E-state index is 0.00641. The molecule has 0 aliphatic heterocycles. The molecule has 0 spiro atoms. The molecule has 2 heterocycles. The van der Waals surface area contributed by atoms with Crippen LogP contribution in [0.15, 0.2) is 36.7 Å². The predicted octanol–water partition coefficient (Wildman–Crippen LogP) is 2.92. The number of halogens is 1. The molecule has 2 aromatic heterocycles. The van der Waals surface area contributed by atoms with Crippen molar-refractivity contribution in [1.82, 2.24) is 19.6 Å². The van der Waals surface area contributed by atoms with Crippen LogP contribution in [0, 0.1) is 6.92 Å². The summed E-state index contributed by atoms with van der Waals surface area (Å²) >= 11 is 6.26. The van der Waals surface area contributed by atoms with E-state index in [-0.39, 0.29) is 6.42 Å². The van der Waals surface area contributed by atoms with Crippen molar-refractivity contribution in [2.45, 2.75) is 19.9 Å². The van der Waals surface area contributed by atoms with Gasteiger partial charge in [0.05, 0.1) is 24.9 Å². The standard InChI is InChI=1S/C17H17ClN4O2/c1-11-15(17(18)21(2)20-11)10-22-9-14(8-19-22)13-5-3-4-12(6-13)7-16(23)24/h3-6,8-9H,7,10H2,1-2H3,(H,23,24). The second-order valence-electron chi connectivity index (χ2n) is 5.68. The Balaban J connectivity index is 1.84. The van der Waals surface area contributed by atoms with Gasteiger partial charge in [-0.15, -0.1) is 0 Å². The molecular weight excluding hydrogens is 328 g/mol. The molecule has 0 saturated heterocycles. The highest BCUT2D eigenvalue weighted by molar-refractivity contribution is 6.30. The molecule has 7 heteroatoms. The van der Waals surface area contributed by atoms with Gasteiger partial charge in [0.2, 0.25) is 0 Å². The van der Waals surface area contributed by atoms with Crippen LogP contribution in [0.25, 0.3) is 11.1 Å². The lowest BCUT2D eigenvalue weighted by molar-refractivity contribution is -0.136. The number of hydrogen-bond donors (Lipinski definition) is 1. The lowest BCUT2D eigenvalue weighted by atomic mass is 10.0. The summed E-state index contributed by atoms with van der Waals surface area (Å²) in [7, 11) is 1.81. The zero-order valence-corrected chi connectivity index (χ0v) is 14.2. The van der Waals surface area contributed by atoms with E-state index in [2.05, 4.69) is 10.2 Å². The van der Waals surface area contributed by atoms with E-state index in [1.807, 2.05) is 31.3 Å². The second kappa shape index (κ2) is 6.49. The average molecular weight is 345 g/mol. The fourth-order valence-electron chi connectivity index (χ4n) is 2.65. The molecule has 0 aliphatic carbocycles. The van der Waals surface area contributed by atoms with Gasteiger partial charge in [-0.05, 0) is 18.1 Å². The van der Waals surface area contributed by atoms with Gasteiger partial charge in [-0.2, -0.15) is 10.2 Å². The summed E-state index contributed by atoms with van der Waals surface area (Å²) in [5, 5.41) is 18.2. The number of carboxylic acid groups (broad SMARTS) is 1. The molecule has 0 fully saturated rings. The maximum absolute atomic E-state index is 10.9. The fraction of sp³-hybridized carbons (Fsp3) is 0.235. The third-order valence-corrected chi connectivity index (χ3v) is 4.31. The van der Waals surface area contributed by atoms with Gasteiger partial charge in [0.15, 0.2) is 0 Å². The maximum Gasteiger partial charge on any atom is 0.307 e. The Labute approximate surface area is 144 Å². The minimum Gasteiger partial charge on any atom is -0.481 e. The van der Waals surface area contributed by atoms with Crippen molar-refractivity contribution >= 4 is 17.6 Å². The molecule has 0 bridgehead atoms. The monoisotopic (exact) mass is 344 g/mol. The van der Waals surface area contributed by atoms with Crippen LogP contribution in [-0.2, 0) is 24.8 Å². The molecule has 0 saturated carbocycles. The molecule has 1 aromatic carbocycles. The van der Waals surface area contributed by atoms with Crippen molar-refractivity contribution in [1.29, 1.82) is 0 Å². The van der Waals surface area contributed by atoms with Crippen molar-refractivity contribution in [2.75, 3.05) is 0 Å². The van der Waals surface area contributed by atoms with E-state index in [1.165, 1.54) is 0 Å². The van der Waals surface area contributed by atoms with Crippen molar-refractivity contribution < 1.29 is 9.90 Å². The molecule has 24 heavy (non-hydrogen) atoms. The number of aromatic nitrogens is 4. The first-order chi connectivity index (χ1) is 11.4. The number of carbonyl (C=O) groups is 1. The van der Waals surface area contributed by atoms with Crippen LogP contribution in [-0.4, -0.2) is 30.6 Å². The predicted molar refractivity (Wildman–Crippen MR) is 91.1 cm³/mol. The summed E-state index contributed by atoms with van der Waals surface area (Å²) < 4.78 is 3.45. The Hall–Kier alpha value is -2.60. The number of benzene rings is 1. The summed E-state index contributed by atoms with van der Waals surface area (Å²) in [5.74, 6) is -0.843. The van der Waals surface area contributed by atoms with Crippen LogP contribution in [0.5, 0.6) is 0 Å². The van der Waals surface area contributed by atoms with Gasteiger partial charge in [0.25, 0.3) is 0 Å². The van der Waals surface area contributed by atoms with Crippen molar-refractivity contribution in [3.63, 3.8) is 0 Å². The van der Waals surface area contributed by atoms with Crippen molar-refractivity contribution in [3.8, 4) is 11.1 Å². The summed E-state index contributed by atoms with van der Waals surface area (Å²) in [6.45, 7) is 2.45. The smallest absolute Gasteiger partial charge is 0.307 e. The van der Waals surface area contributed by atoms with E-state index in [0.29, 0.717) is 11.7 Å². The van der Waals surface area contributed by atoms with Gasteiger partial charge in [0.1, 0.15) is 5.15 Å². The minimum atomic E-state index is -0.843. The van der Waals surface area contributed by atoms with Gasteiger partial charge in [-0.1, -0.05) is 35.9 Å². The normalized spacial score (nSPS) is 11.0. The molecular formula is C17H17ClN4O2. The number of carboxylic acids is 1. The molecule has 0 aliphatic rings. The number of aliphatic carboxylic acids is 1. The number of rotatable bonds is 5. The summed E-state index contributed by atoms with van der Waals surface area (Å²) in [6, 6.07) is 7.47. The Morgan fingerprint density at radius 3 is 2.79 bits per heavy atom. The third-order valence-electron chi connectivity index (χ3n) is 3.84. The number of aryl methyl sites for hydroxylation is 2. The average Bonchev–Trinajstić information content (AvgIpc) is 3.08. The van der Waals surface area contributed by atoms with Crippen LogP contribution in [0.4, 0.5) is 0 Å². The lowest BCUT2D eigenvalue weighted by Crippen LogP contribution is -2.01. The molecule has 0 atom stereocenters. The van der Waals surface area contributed by atoms with E-state index in [1.54, 1.807) is 28.7 Å². The van der Waals surface area contributed by atoms with Gasteiger partial charge in [-0.25, -0.2) is 0 Å².